The molecule has 0 aliphatic carbocycles. The van der Waals surface area contributed by atoms with Gasteiger partial charge in [0, 0.05) is 0 Å². The molecular weight excluding hydrogens is 104 g/mol. The van der Waals surface area contributed by atoms with Gasteiger partial charge in [-0.1, -0.05) is 0 Å². The minimum atomic E-state index is -0.598. The quantitative estimate of drug-likeness (QED) is 0.457. The fourth-order valence-electron chi connectivity index (χ4n) is 0.479. The van der Waals surface area contributed by atoms with E-state index in [1.807, 2.05) is 6.92 Å². The summed E-state index contributed by atoms with van der Waals surface area (Å²) in [5, 5.41) is 12.5. The summed E-state index contributed by atoms with van der Waals surface area (Å²) in [5.74, 6) is 0. The zero-order valence-corrected chi connectivity index (χ0v) is 4.63. The summed E-state index contributed by atoms with van der Waals surface area (Å²) >= 11 is 0. The molecule has 0 amide bonds. The Morgan fingerprint density at radius 1 is 1.88 bits per heavy atom. The summed E-state index contributed by atoms with van der Waals surface area (Å²) in [7, 11) is 0. The van der Waals surface area contributed by atoms with Gasteiger partial charge in [0.25, 0.3) is 0 Å². The van der Waals surface area contributed by atoms with Crippen molar-refractivity contribution in [2.75, 3.05) is 0 Å². The van der Waals surface area contributed by atoms with E-state index in [9.17, 15) is 0 Å². The molecule has 3 heteroatoms. The minimum absolute atomic E-state index is 0.598. The van der Waals surface area contributed by atoms with Crippen LogP contribution in [0.15, 0.2) is 17.3 Å². The number of nitrogens with one attached hydrogen (secondary N) is 1. The van der Waals surface area contributed by atoms with Crippen molar-refractivity contribution in [2.45, 2.75) is 13.2 Å². The average molecular weight is 112 g/mol. The number of aliphatic hydroxyl groups is 1. The summed E-state index contributed by atoms with van der Waals surface area (Å²) in [6, 6.07) is 0. The monoisotopic (exact) mass is 112 g/mol. The first kappa shape index (κ1) is 5.31. The summed E-state index contributed by atoms with van der Waals surface area (Å²) < 4.78 is 0. The Balaban J connectivity index is 2.58. The van der Waals surface area contributed by atoms with Crippen molar-refractivity contribution in [2.24, 2.45) is 5.10 Å². The van der Waals surface area contributed by atoms with E-state index in [1.165, 1.54) is 0 Å². The lowest BCUT2D eigenvalue weighted by molar-refractivity contribution is 0.185. The van der Waals surface area contributed by atoms with Crippen LogP contribution in [-0.2, 0) is 0 Å². The van der Waals surface area contributed by atoms with Crippen LogP contribution >= 0.6 is 0 Å². The van der Waals surface area contributed by atoms with Gasteiger partial charge in [-0.3, -0.25) is 5.43 Å². The second-order valence-electron chi connectivity index (χ2n) is 1.69. The standard InChI is InChI=1S/C5H8N2O/c1-4-2-3-5(8)7-6-4/h2-3,5,7-8H,1H3. The molecule has 0 aromatic rings. The number of rotatable bonds is 0. The second kappa shape index (κ2) is 1.96. The molecule has 0 saturated carbocycles. The Morgan fingerprint density at radius 2 is 2.62 bits per heavy atom. The number of aliphatic hydroxyl groups excluding tert-OH is 1. The van der Waals surface area contributed by atoms with E-state index in [2.05, 4.69) is 10.5 Å². The smallest absolute Gasteiger partial charge is 0.159 e. The lowest BCUT2D eigenvalue weighted by atomic mass is 10.3. The van der Waals surface area contributed by atoms with Gasteiger partial charge in [0.1, 0.15) is 0 Å². The molecule has 1 heterocycles. The molecule has 0 saturated heterocycles. The molecule has 1 aliphatic rings. The number of allylic oxidation sites excluding steroid dienone is 1. The average Bonchev–Trinajstić information content (AvgIpc) is 1.77. The predicted octanol–water partition coefficient (Wildman–Crippen LogP) is -0.160. The SMILES string of the molecule is CC1=NNC(O)C=C1. The molecule has 1 rings (SSSR count). The molecule has 3 nitrogen and oxygen atoms in total. The Kier molecular flexibility index (Phi) is 1.30. The fourth-order valence-corrected chi connectivity index (χ4v) is 0.479. The lowest BCUT2D eigenvalue weighted by Gasteiger charge is -2.08. The van der Waals surface area contributed by atoms with Gasteiger partial charge in [-0.05, 0) is 19.1 Å². The van der Waals surface area contributed by atoms with Crippen LogP contribution in [0.2, 0.25) is 0 Å². The molecule has 1 atom stereocenters. The fraction of sp³-hybridized carbons (Fsp3) is 0.400. The Labute approximate surface area is 47.7 Å². The molecule has 1 unspecified atom stereocenters. The zero-order chi connectivity index (χ0) is 5.98. The largest absolute Gasteiger partial charge is 0.369 e. The first-order chi connectivity index (χ1) is 3.79. The molecule has 0 fully saturated rings. The van der Waals surface area contributed by atoms with Crippen LogP contribution < -0.4 is 5.43 Å². The van der Waals surface area contributed by atoms with E-state index < -0.39 is 6.23 Å². The molecule has 0 bridgehead atoms. The van der Waals surface area contributed by atoms with E-state index in [4.69, 9.17) is 5.11 Å². The topological polar surface area (TPSA) is 44.6 Å². The zero-order valence-electron chi connectivity index (χ0n) is 4.63. The maximum absolute atomic E-state index is 8.72. The molecule has 2 N–H and O–H groups in total. The molecule has 0 aromatic heterocycles. The van der Waals surface area contributed by atoms with Crippen LogP contribution in [0.25, 0.3) is 0 Å². The van der Waals surface area contributed by atoms with Crippen molar-refractivity contribution in [3.63, 3.8) is 0 Å². The third kappa shape index (κ3) is 1.07. The van der Waals surface area contributed by atoms with Crippen LogP contribution in [0.4, 0.5) is 0 Å². The first-order valence-corrected chi connectivity index (χ1v) is 2.45. The van der Waals surface area contributed by atoms with E-state index in [0.29, 0.717) is 0 Å². The van der Waals surface area contributed by atoms with Gasteiger partial charge in [0.05, 0.1) is 5.71 Å². The van der Waals surface area contributed by atoms with E-state index in [-0.39, 0.29) is 0 Å². The van der Waals surface area contributed by atoms with Crippen molar-refractivity contribution in [3.05, 3.63) is 12.2 Å². The van der Waals surface area contributed by atoms with Crippen molar-refractivity contribution in [1.29, 1.82) is 0 Å². The van der Waals surface area contributed by atoms with Crippen molar-refractivity contribution in [3.8, 4) is 0 Å². The Morgan fingerprint density at radius 3 is 3.00 bits per heavy atom. The van der Waals surface area contributed by atoms with Crippen LogP contribution in [0, 0.1) is 0 Å². The molecule has 1 aliphatic heterocycles. The number of nitrogens with zero attached hydrogens (tertiary/aromatic N) is 1. The molecule has 8 heavy (non-hydrogen) atoms. The van der Waals surface area contributed by atoms with Crippen LogP contribution in [0.3, 0.4) is 0 Å². The van der Waals surface area contributed by atoms with Crippen molar-refractivity contribution in [1.82, 2.24) is 5.43 Å². The van der Waals surface area contributed by atoms with E-state index in [1.54, 1.807) is 12.2 Å². The van der Waals surface area contributed by atoms with Gasteiger partial charge in [-0.2, -0.15) is 5.10 Å². The van der Waals surface area contributed by atoms with Crippen LogP contribution in [0.1, 0.15) is 6.92 Å². The lowest BCUT2D eigenvalue weighted by Crippen LogP contribution is -2.25. The highest BCUT2D eigenvalue weighted by Crippen LogP contribution is 1.90. The van der Waals surface area contributed by atoms with Gasteiger partial charge in [-0.25, -0.2) is 0 Å². The van der Waals surface area contributed by atoms with Gasteiger partial charge >= 0.3 is 0 Å². The molecule has 0 radical (unpaired) electrons. The molecule has 0 aromatic carbocycles. The van der Waals surface area contributed by atoms with Gasteiger partial charge in [-0.15, -0.1) is 0 Å². The van der Waals surface area contributed by atoms with Gasteiger partial charge < -0.3 is 5.11 Å². The number of hydrazone groups is 1. The molecule has 0 spiro atoms. The maximum atomic E-state index is 8.72. The minimum Gasteiger partial charge on any atom is -0.369 e. The number of hydrogen-bond acceptors (Lipinski definition) is 3. The second-order valence-corrected chi connectivity index (χ2v) is 1.69. The summed E-state index contributed by atoms with van der Waals surface area (Å²) in [6.45, 7) is 1.86. The highest BCUT2D eigenvalue weighted by atomic mass is 16.3. The number of hydrogen-bond donors (Lipinski definition) is 2. The summed E-state index contributed by atoms with van der Waals surface area (Å²) in [6.07, 6.45) is 2.81. The normalized spacial score (nSPS) is 26.8. The van der Waals surface area contributed by atoms with Crippen LogP contribution in [-0.4, -0.2) is 17.0 Å². The van der Waals surface area contributed by atoms with Crippen molar-refractivity contribution < 1.29 is 5.11 Å². The predicted molar refractivity (Wildman–Crippen MR) is 31.4 cm³/mol. The highest BCUT2D eigenvalue weighted by Gasteiger charge is 1.98. The first-order valence-electron chi connectivity index (χ1n) is 2.45. The summed E-state index contributed by atoms with van der Waals surface area (Å²) in [5.41, 5.74) is 3.37. The van der Waals surface area contributed by atoms with E-state index >= 15 is 0 Å². The molecular formula is C5H8N2O. The molecule has 44 valence electrons. The third-order valence-corrected chi connectivity index (χ3v) is 0.893. The van der Waals surface area contributed by atoms with Gasteiger partial charge in [0.2, 0.25) is 0 Å². The van der Waals surface area contributed by atoms with E-state index in [0.717, 1.165) is 5.71 Å². The van der Waals surface area contributed by atoms with Crippen LogP contribution in [0.5, 0.6) is 0 Å². The highest BCUT2D eigenvalue weighted by molar-refractivity contribution is 5.93. The van der Waals surface area contributed by atoms with Crippen molar-refractivity contribution >= 4 is 5.71 Å². The van der Waals surface area contributed by atoms with Gasteiger partial charge in [0.15, 0.2) is 6.23 Å². The third-order valence-electron chi connectivity index (χ3n) is 0.893. The Hall–Kier alpha value is -0.830. The maximum Gasteiger partial charge on any atom is 0.159 e. The Bertz CT molecular complexity index is 139. The summed E-state index contributed by atoms with van der Waals surface area (Å²) in [4.78, 5) is 0.